The van der Waals surface area contributed by atoms with Gasteiger partial charge in [-0.1, -0.05) is 42.5 Å². The van der Waals surface area contributed by atoms with E-state index in [9.17, 15) is 9.59 Å². The Hall–Kier alpha value is -4.26. The summed E-state index contributed by atoms with van der Waals surface area (Å²) in [7, 11) is 3.19. The molecule has 0 saturated carbocycles. The van der Waals surface area contributed by atoms with Crippen molar-refractivity contribution in [2.24, 2.45) is 0 Å². The predicted molar refractivity (Wildman–Crippen MR) is 127 cm³/mol. The predicted octanol–water partition coefficient (Wildman–Crippen LogP) is 3.93. The van der Waals surface area contributed by atoms with E-state index >= 15 is 0 Å². The van der Waals surface area contributed by atoms with Crippen molar-refractivity contribution < 1.29 is 28.5 Å². The van der Waals surface area contributed by atoms with Crippen LogP contribution in [0, 0.1) is 0 Å². The van der Waals surface area contributed by atoms with Crippen LogP contribution in [0.25, 0.3) is 6.08 Å². The number of benzene rings is 3. The first-order chi connectivity index (χ1) is 16.6. The first-order valence-electron chi connectivity index (χ1n) is 10.7. The molecule has 7 nitrogen and oxygen atoms in total. The Labute approximate surface area is 197 Å². The van der Waals surface area contributed by atoms with E-state index in [0.717, 1.165) is 16.7 Å². The molecule has 0 radical (unpaired) electrons. The number of esters is 1. The van der Waals surface area contributed by atoms with Gasteiger partial charge in [0.05, 0.1) is 25.8 Å². The molecule has 0 aromatic heterocycles. The molecule has 0 bridgehead atoms. The van der Waals surface area contributed by atoms with Gasteiger partial charge in [-0.25, -0.2) is 4.79 Å². The minimum atomic E-state index is -0.588. The lowest BCUT2D eigenvalue weighted by Gasteiger charge is -2.21. The zero-order valence-corrected chi connectivity index (χ0v) is 18.9. The highest BCUT2D eigenvalue weighted by Gasteiger charge is 2.21. The van der Waals surface area contributed by atoms with E-state index in [-0.39, 0.29) is 6.61 Å². The maximum Gasteiger partial charge on any atom is 0.338 e. The summed E-state index contributed by atoms with van der Waals surface area (Å²) in [5.41, 5.74) is 2.86. The second-order valence-electron chi connectivity index (χ2n) is 7.62. The second-order valence-corrected chi connectivity index (χ2v) is 7.62. The number of methoxy groups -OCH3 is 2. The number of fused-ring (bicyclic) bond motifs is 1. The van der Waals surface area contributed by atoms with Crippen LogP contribution >= 0.6 is 0 Å². The van der Waals surface area contributed by atoms with Gasteiger partial charge >= 0.3 is 5.97 Å². The zero-order valence-electron chi connectivity index (χ0n) is 18.9. The highest BCUT2D eigenvalue weighted by Crippen LogP contribution is 2.27. The number of carbonyl (C=O) groups excluding carboxylic acids is 2. The summed E-state index contributed by atoms with van der Waals surface area (Å²) in [4.78, 5) is 25.2. The third-order valence-corrected chi connectivity index (χ3v) is 5.43. The highest BCUT2D eigenvalue weighted by atomic mass is 16.5. The lowest BCUT2D eigenvalue weighted by atomic mass is 9.98. The molecule has 1 heterocycles. The van der Waals surface area contributed by atoms with Crippen molar-refractivity contribution in [2.75, 3.05) is 27.4 Å². The largest absolute Gasteiger partial charge is 0.497 e. The lowest BCUT2D eigenvalue weighted by molar-refractivity contribution is -0.145. The standard InChI is InChI=1S/C27H25NO6/c1-31-22-11-7-18(8-12-22)26(19-9-13-23(32-2)14-10-19)28-25(29)17-34-27(30)21-15-20-5-3-4-6-24(20)33-16-21/h3-15,26H,16-17H2,1-2H3,(H,28,29). The number of carbonyl (C=O) groups is 2. The number of hydrogen-bond donors (Lipinski definition) is 1. The number of ether oxygens (including phenoxy) is 4. The van der Waals surface area contributed by atoms with E-state index in [1.165, 1.54) is 0 Å². The highest BCUT2D eigenvalue weighted by molar-refractivity contribution is 5.96. The SMILES string of the molecule is COc1ccc(C(NC(=O)COC(=O)C2=Cc3ccccc3OC2)c2ccc(OC)cc2)cc1. The summed E-state index contributed by atoms with van der Waals surface area (Å²) < 4.78 is 21.3. The number of para-hydroxylation sites is 1. The monoisotopic (exact) mass is 459 g/mol. The summed E-state index contributed by atoms with van der Waals surface area (Å²) in [6.07, 6.45) is 1.72. The topological polar surface area (TPSA) is 83.1 Å². The molecule has 1 aliphatic rings. The molecule has 174 valence electrons. The summed E-state index contributed by atoms with van der Waals surface area (Å²) in [6.45, 7) is -0.321. The van der Waals surface area contributed by atoms with E-state index in [1.807, 2.05) is 72.8 Å². The van der Waals surface area contributed by atoms with Crippen molar-refractivity contribution in [3.8, 4) is 17.2 Å². The van der Waals surface area contributed by atoms with Gasteiger partial charge in [0, 0.05) is 5.56 Å². The number of amides is 1. The molecule has 1 N–H and O–H groups in total. The quantitative estimate of drug-likeness (QED) is 0.514. The Morgan fingerprint density at radius 2 is 1.47 bits per heavy atom. The van der Waals surface area contributed by atoms with Crippen molar-refractivity contribution in [1.82, 2.24) is 5.32 Å². The van der Waals surface area contributed by atoms with Gasteiger partial charge in [0.1, 0.15) is 23.9 Å². The van der Waals surface area contributed by atoms with E-state index in [1.54, 1.807) is 20.3 Å². The molecule has 0 spiro atoms. The van der Waals surface area contributed by atoms with E-state index in [0.29, 0.717) is 22.8 Å². The molecule has 3 aromatic rings. The average Bonchev–Trinajstić information content (AvgIpc) is 2.90. The molecule has 3 aromatic carbocycles. The van der Waals surface area contributed by atoms with Gasteiger partial charge in [-0.05, 0) is 47.5 Å². The first kappa shape index (κ1) is 22.9. The van der Waals surface area contributed by atoms with Gasteiger partial charge in [-0.15, -0.1) is 0 Å². The van der Waals surface area contributed by atoms with E-state index < -0.39 is 24.5 Å². The maximum atomic E-state index is 12.7. The Morgan fingerprint density at radius 3 is 2.06 bits per heavy atom. The molecular weight excluding hydrogens is 434 g/mol. The van der Waals surface area contributed by atoms with Crippen LogP contribution in [0.1, 0.15) is 22.7 Å². The van der Waals surface area contributed by atoms with Crippen molar-refractivity contribution in [3.63, 3.8) is 0 Å². The fourth-order valence-corrected chi connectivity index (χ4v) is 3.61. The molecule has 1 amide bonds. The smallest absolute Gasteiger partial charge is 0.338 e. The molecule has 1 aliphatic heterocycles. The Balaban J connectivity index is 1.44. The van der Waals surface area contributed by atoms with Gasteiger partial charge < -0.3 is 24.3 Å². The first-order valence-corrected chi connectivity index (χ1v) is 10.7. The number of rotatable bonds is 8. The molecule has 0 aliphatic carbocycles. The molecule has 0 atom stereocenters. The van der Waals surface area contributed by atoms with Crippen molar-refractivity contribution in [3.05, 3.63) is 95.1 Å². The third-order valence-electron chi connectivity index (χ3n) is 5.43. The van der Waals surface area contributed by atoms with Gasteiger partial charge in [-0.2, -0.15) is 0 Å². The number of nitrogens with one attached hydrogen (secondary N) is 1. The Bertz CT molecular complexity index is 1140. The van der Waals surface area contributed by atoms with Gasteiger partial charge in [0.25, 0.3) is 5.91 Å². The maximum absolute atomic E-state index is 12.7. The lowest BCUT2D eigenvalue weighted by Crippen LogP contribution is -2.33. The van der Waals surface area contributed by atoms with Gasteiger partial charge in [0.2, 0.25) is 0 Å². The van der Waals surface area contributed by atoms with Crippen molar-refractivity contribution >= 4 is 18.0 Å². The van der Waals surface area contributed by atoms with Crippen LogP contribution in [-0.2, 0) is 14.3 Å². The van der Waals surface area contributed by atoms with Gasteiger partial charge in [-0.3, -0.25) is 4.79 Å². The Morgan fingerprint density at radius 1 is 0.882 bits per heavy atom. The normalized spacial score (nSPS) is 12.1. The summed E-state index contributed by atoms with van der Waals surface area (Å²) in [5.74, 6) is 1.11. The van der Waals surface area contributed by atoms with Crippen LogP contribution in [-0.4, -0.2) is 39.3 Å². The fraction of sp³-hybridized carbons (Fsp3) is 0.185. The van der Waals surface area contributed by atoms with Crippen molar-refractivity contribution in [1.29, 1.82) is 0 Å². The molecule has 0 unspecified atom stereocenters. The van der Waals surface area contributed by atoms with E-state index in [4.69, 9.17) is 18.9 Å². The summed E-state index contributed by atoms with van der Waals surface area (Å²) in [5, 5.41) is 2.95. The molecule has 7 heteroatoms. The molecular formula is C27H25NO6. The summed E-state index contributed by atoms with van der Waals surface area (Å²) in [6, 6.07) is 21.8. The summed E-state index contributed by atoms with van der Waals surface area (Å²) >= 11 is 0. The molecule has 0 saturated heterocycles. The fourth-order valence-electron chi connectivity index (χ4n) is 3.61. The third kappa shape index (κ3) is 5.38. The van der Waals surface area contributed by atoms with Crippen LogP contribution < -0.4 is 19.5 Å². The van der Waals surface area contributed by atoms with E-state index in [2.05, 4.69) is 5.32 Å². The number of hydrogen-bond acceptors (Lipinski definition) is 6. The minimum absolute atomic E-state index is 0.0950. The van der Waals surface area contributed by atoms with Gasteiger partial charge in [0.15, 0.2) is 6.61 Å². The van der Waals surface area contributed by atoms with Crippen LogP contribution in [0.3, 0.4) is 0 Å². The van der Waals surface area contributed by atoms with Crippen LogP contribution in [0.5, 0.6) is 17.2 Å². The molecule has 34 heavy (non-hydrogen) atoms. The minimum Gasteiger partial charge on any atom is -0.497 e. The van der Waals surface area contributed by atoms with Crippen LogP contribution in [0.4, 0.5) is 0 Å². The average molecular weight is 459 g/mol. The zero-order chi connectivity index (χ0) is 23.9. The van der Waals surface area contributed by atoms with Crippen LogP contribution in [0.2, 0.25) is 0 Å². The molecule has 4 rings (SSSR count). The van der Waals surface area contributed by atoms with Crippen LogP contribution in [0.15, 0.2) is 78.4 Å². The van der Waals surface area contributed by atoms with Crippen molar-refractivity contribution in [2.45, 2.75) is 6.04 Å². The molecule has 0 fully saturated rings. The second kappa shape index (κ2) is 10.6. The Kier molecular flexibility index (Phi) is 7.13.